The van der Waals surface area contributed by atoms with Crippen LogP contribution in [0.3, 0.4) is 0 Å². The van der Waals surface area contributed by atoms with Gasteiger partial charge in [-0.3, -0.25) is 9.59 Å². The maximum absolute atomic E-state index is 12.3. The van der Waals surface area contributed by atoms with Crippen molar-refractivity contribution in [1.29, 1.82) is 0 Å². The van der Waals surface area contributed by atoms with E-state index in [1.54, 1.807) is 72.4 Å². The fourth-order valence-corrected chi connectivity index (χ4v) is 3.17. The van der Waals surface area contributed by atoms with Gasteiger partial charge in [-0.2, -0.15) is 0 Å². The number of allylic oxidation sites excluding steroid dienone is 1. The maximum atomic E-state index is 12.3. The van der Waals surface area contributed by atoms with Gasteiger partial charge in [-0.05, 0) is 66.4 Å². The number of nitrogens with one attached hydrogen (secondary N) is 1. The minimum Gasteiger partial charge on any atom is -0.322 e. The summed E-state index contributed by atoms with van der Waals surface area (Å²) in [6.45, 7) is 0. The average molecular weight is 408 g/mol. The van der Waals surface area contributed by atoms with Crippen molar-refractivity contribution in [3.05, 3.63) is 101 Å². The molecule has 0 heterocycles. The molecule has 0 aliphatic rings. The van der Waals surface area contributed by atoms with Crippen LogP contribution in [0.1, 0.15) is 26.3 Å². The van der Waals surface area contributed by atoms with Gasteiger partial charge in [-0.1, -0.05) is 41.9 Å². The highest BCUT2D eigenvalue weighted by molar-refractivity contribution is 7.98. The van der Waals surface area contributed by atoms with E-state index in [1.807, 2.05) is 30.5 Å². The summed E-state index contributed by atoms with van der Waals surface area (Å²) < 4.78 is 0. The molecule has 3 nitrogen and oxygen atoms in total. The number of hydrogen-bond donors (Lipinski definition) is 1. The van der Waals surface area contributed by atoms with Crippen molar-refractivity contribution in [2.75, 3.05) is 11.6 Å². The molecule has 28 heavy (non-hydrogen) atoms. The topological polar surface area (TPSA) is 46.2 Å². The SMILES string of the molecule is CSc1ccc(C=CC(=O)c2ccc(NC(=O)c3ccccc3Cl)cc2)cc1. The summed E-state index contributed by atoms with van der Waals surface area (Å²) in [6, 6.07) is 21.6. The number of benzene rings is 3. The van der Waals surface area contributed by atoms with Gasteiger partial charge in [-0.25, -0.2) is 0 Å². The number of ketones is 1. The summed E-state index contributed by atoms with van der Waals surface area (Å²) in [5.41, 5.74) is 2.51. The minimum absolute atomic E-state index is 0.0991. The average Bonchev–Trinajstić information content (AvgIpc) is 2.73. The Morgan fingerprint density at radius 3 is 2.25 bits per heavy atom. The van der Waals surface area contributed by atoms with E-state index < -0.39 is 0 Å². The maximum Gasteiger partial charge on any atom is 0.257 e. The molecular weight excluding hydrogens is 390 g/mol. The summed E-state index contributed by atoms with van der Waals surface area (Å²) in [4.78, 5) is 25.8. The molecule has 1 amide bonds. The van der Waals surface area contributed by atoms with Crippen molar-refractivity contribution in [2.24, 2.45) is 0 Å². The molecule has 0 saturated carbocycles. The third kappa shape index (κ3) is 5.12. The van der Waals surface area contributed by atoms with Crippen LogP contribution in [0.15, 0.2) is 83.8 Å². The summed E-state index contributed by atoms with van der Waals surface area (Å²) >= 11 is 7.72. The highest BCUT2D eigenvalue weighted by Crippen LogP contribution is 2.18. The number of halogens is 1. The summed E-state index contributed by atoms with van der Waals surface area (Å²) in [7, 11) is 0. The first kappa shape index (κ1) is 19.9. The summed E-state index contributed by atoms with van der Waals surface area (Å²) in [5.74, 6) is -0.392. The Hall–Kier alpha value is -2.82. The van der Waals surface area contributed by atoms with Crippen molar-refractivity contribution in [2.45, 2.75) is 4.90 Å². The van der Waals surface area contributed by atoms with Crippen molar-refractivity contribution >= 4 is 46.8 Å². The second-order valence-corrected chi connectivity index (χ2v) is 7.27. The summed E-state index contributed by atoms with van der Waals surface area (Å²) in [5, 5.41) is 3.17. The first-order valence-electron chi connectivity index (χ1n) is 8.59. The number of carbonyl (C=O) groups excluding carboxylic acids is 2. The first-order valence-corrected chi connectivity index (χ1v) is 10.2. The number of amides is 1. The van der Waals surface area contributed by atoms with Gasteiger partial charge in [0.1, 0.15) is 0 Å². The summed E-state index contributed by atoms with van der Waals surface area (Å²) in [6.07, 6.45) is 5.36. The Morgan fingerprint density at radius 2 is 1.61 bits per heavy atom. The lowest BCUT2D eigenvalue weighted by Gasteiger charge is -2.07. The third-order valence-corrected chi connectivity index (χ3v) is 5.16. The van der Waals surface area contributed by atoms with Crippen LogP contribution < -0.4 is 5.32 Å². The van der Waals surface area contributed by atoms with Gasteiger partial charge >= 0.3 is 0 Å². The fraction of sp³-hybridized carbons (Fsp3) is 0.0435. The number of thioether (sulfide) groups is 1. The zero-order valence-corrected chi connectivity index (χ0v) is 16.8. The third-order valence-electron chi connectivity index (χ3n) is 4.09. The Morgan fingerprint density at radius 1 is 0.929 bits per heavy atom. The Kier molecular flexibility index (Phi) is 6.69. The molecular formula is C23H18ClNO2S. The van der Waals surface area contributed by atoms with Crippen LogP contribution in [0.4, 0.5) is 5.69 Å². The monoisotopic (exact) mass is 407 g/mol. The van der Waals surface area contributed by atoms with Gasteiger partial charge < -0.3 is 5.32 Å². The molecule has 0 aliphatic heterocycles. The van der Waals surface area contributed by atoms with E-state index in [-0.39, 0.29) is 11.7 Å². The molecule has 0 aromatic heterocycles. The van der Waals surface area contributed by atoms with Crippen molar-refractivity contribution in [3.63, 3.8) is 0 Å². The quantitative estimate of drug-likeness (QED) is 0.300. The zero-order valence-electron chi connectivity index (χ0n) is 15.2. The predicted octanol–water partition coefficient (Wildman–Crippen LogP) is 6.21. The molecule has 0 saturated heterocycles. The predicted molar refractivity (Wildman–Crippen MR) is 117 cm³/mol. The van der Waals surface area contributed by atoms with Crippen LogP contribution >= 0.6 is 23.4 Å². The van der Waals surface area contributed by atoms with E-state index in [2.05, 4.69) is 5.32 Å². The first-order chi connectivity index (χ1) is 13.6. The van der Waals surface area contributed by atoms with Crippen LogP contribution in [-0.2, 0) is 0 Å². The molecule has 3 aromatic rings. The molecule has 0 aliphatic carbocycles. The van der Waals surface area contributed by atoms with Crippen molar-refractivity contribution in [3.8, 4) is 0 Å². The molecule has 5 heteroatoms. The van der Waals surface area contributed by atoms with Gasteiger partial charge in [0.05, 0.1) is 10.6 Å². The standard InChI is InChI=1S/C23H18ClNO2S/c1-28-19-13-6-16(7-14-19)8-15-22(26)17-9-11-18(12-10-17)25-23(27)20-4-2-3-5-21(20)24/h2-15H,1H3,(H,25,27). The van der Waals surface area contributed by atoms with Gasteiger partial charge in [0, 0.05) is 16.1 Å². The van der Waals surface area contributed by atoms with Crippen LogP contribution in [0, 0.1) is 0 Å². The molecule has 0 radical (unpaired) electrons. The van der Waals surface area contributed by atoms with E-state index in [4.69, 9.17) is 11.6 Å². The molecule has 0 fully saturated rings. The lowest BCUT2D eigenvalue weighted by molar-refractivity contribution is 0.102. The normalized spacial score (nSPS) is 10.8. The molecule has 1 N–H and O–H groups in total. The highest BCUT2D eigenvalue weighted by Gasteiger charge is 2.10. The Bertz CT molecular complexity index is 1010. The number of rotatable bonds is 6. The van der Waals surface area contributed by atoms with Gasteiger partial charge in [0.25, 0.3) is 5.91 Å². The second kappa shape index (κ2) is 9.40. The molecule has 0 spiro atoms. The number of hydrogen-bond acceptors (Lipinski definition) is 3. The van der Waals surface area contributed by atoms with Crippen LogP contribution in [-0.4, -0.2) is 17.9 Å². The molecule has 140 valence electrons. The minimum atomic E-state index is -0.293. The Labute approximate surface area is 173 Å². The lowest BCUT2D eigenvalue weighted by Crippen LogP contribution is -2.12. The van der Waals surface area contributed by atoms with Crippen LogP contribution in [0.5, 0.6) is 0 Å². The lowest BCUT2D eigenvalue weighted by atomic mass is 10.1. The van der Waals surface area contributed by atoms with Gasteiger partial charge in [0.2, 0.25) is 0 Å². The van der Waals surface area contributed by atoms with Crippen LogP contribution in [0.2, 0.25) is 5.02 Å². The van der Waals surface area contributed by atoms with Crippen LogP contribution in [0.25, 0.3) is 6.08 Å². The number of anilines is 1. The molecule has 0 bridgehead atoms. The smallest absolute Gasteiger partial charge is 0.257 e. The van der Waals surface area contributed by atoms with E-state index in [9.17, 15) is 9.59 Å². The number of carbonyl (C=O) groups is 2. The zero-order chi connectivity index (χ0) is 19.9. The fourth-order valence-electron chi connectivity index (χ4n) is 2.54. The second-order valence-electron chi connectivity index (χ2n) is 5.98. The highest BCUT2D eigenvalue weighted by atomic mass is 35.5. The van der Waals surface area contributed by atoms with Gasteiger partial charge in [-0.15, -0.1) is 11.8 Å². The van der Waals surface area contributed by atoms with Crippen molar-refractivity contribution < 1.29 is 9.59 Å². The molecule has 3 rings (SSSR count). The Balaban J connectivity index is 1.64. The molecule has 0 atom stereocenters. The van der Waals surface area contributed by atoms with Crippen molar-refractivity contribution in [1.82, 2.24) is 0 Å². The molecule has 0 unspecified atom stereocenters. The van der Waals surface area contributed by atoms with Gasteiger partial charge in [0.15, 0.2) is 5.78 Å². The largest absolute Gasteiger partial charge is 0.322 e. The van der Waals surface area contributed by atoms with E-state index in [0.29, 0.717) is 21.8 Å². The molecule has 3 aromatic carbocycles. The van der Waals surface area contributed by atoms with E-state index in [1.165, 1.54) is 4.90 Å². The van der Waals surface area contributed by atoms with E-state index >= 15 is 0 Å². The van der Waals surface area contributed by atoms with E-state index in [0.717, 1.165) is 5.56 Å².